The van der Waals surface area contributed by atoms with Crippen molar-refractivity contribution in [1.29, 1.82) is 0 Å². The molecule has 1 aliphatic rings. The second kappa shape index (κ2) is 7.50. The van der Waals surface area contributed by atoms with Gasteiger partial charge in [-0.15, -0.1) is 16.9 Å². The molecule has 106 valence electrons. The molecule has 0 saturated carbocycles. The van der Waals surface area contributed by atoms with Gasteiger partial charge >= 0.3 is 0 Å². The Hall–Kier alpha value is -1.27. The molecule has 0 unspecified atom stereocenters. The molecule has 1 aromatic rings. The Morgan fingerprint density at radius 2 is 2.25 bits per heavy atom. The maximum Gasteiger partial charge on any atom is 0.236 e. The second-order valence-corrected chi connectivity index (χ2v) is 6.76. The van der Waals surface area contributed by atoms with E-state index in [9.17, 15) is 4.79 Å². The monoisotopic (exact) mass is 307 g/mol. The number of benzene rings is 1. The van der Waals surface area contributed by atoms with Crippen LogP contribution in [0.15, 0.2) is 39.4 Å². The summed E-state index contributed by atoms with van der Waals surface area (Å²) in [4.78, 5) is 12.2. The molecule has 0 aromatic heterocycles. The molecule has 1 heterocycles. The van der Waals surface area contributed by atoms with E-state index in [0.29, 0.717) is 16.8 Å². The Balaban J connectivity index is 2.03. The Labute approximate surface area is 127 Å². The van der Waals surface area contributed by atoms with E-state index in [2.05, 4.69) is 35.4 Å². The highest BCUT2D eigenvalue weighted by Gasteiger charge is 2.15. The molecule has 0 bridgehead atoms. The second-order valence-electron chi connectivity index (χ2n) is 4.73. The lowest BCUT2D eigenvalue weighted by molar-refractivity contribution is -0.116. The van der Waals surface area contributed by atoms with Crippen molar-refractivity contribution >= 4 is 40.8 Å². The van der Waals surface area contributed by atoms with E-state index in [1.807, 2.05) is 30.0 Å². The maximum absolute atomic E-state index is 11.0. The van der Waals surface area contributed by atoms with Crippen molar-refractivity contribution in [2.45, 2.75) is 18.7 Å². The summed E-state index contributed by atoms with van der Waals surface area (Å²) in [5.41, 5.74) is 1.05. The highest BCUT2D eigenvalue weighted by Crippen LogP contribution is 2.23. The number of carbonyl (C=O) groups excluding carboxylic acids is 1. The zero-order valence-electron chi connectivity index (χ0n) is 11.5. The van der Waals surface area contributed by atoms with Gasteiger partial charge in [-0.2, -0.15) is 5.10 Å². The van der Waals surface area contributed by atoms with E-state index in [1.165, 1.54) is 16.7 Å². The lowest BCUT2D eigenvalue weighted by Crippen LogP contribution is -2.19. The lowest BCUT2D eigenvalue weighted by atomic mass is 10.2. The van der Waals surface area contributed by atoms with Crippen molar-refractivity contribution in [3.05, 3.63) is 29.8 Å². The molecule has 0 atom stereocenters. The highest BCUT2D eigenvalue weighted by molar-refractivity contribution is 8.15. The van der Waals surface area contributed by atoms with Crippen molar-refractivity contribution in [2.24, 2.45) is 16.1 Å². The average Bonchev–Trinajstić information content (AvgIpc) is 2.83. The van der Waals surface area contributed by atoms with Crippen LogP contribution in [0.1, 0.15) is 19.4 Å². The number of nitrogens with zero attached hydrogens (tertiary/aromatic N) is 2. The zero-order valence-corrected chi connectivity index (χ0v) is 13.1. The molecule has 0 aliphatic carbocycles. The Bertz CT molecular complexity index is 541. The zero-order chi connectivity index (χ0) is 14.4. The smallest absolute Gasteiger partial charge is 0.236 e. The summed E-state index contributed by atoms with van der Waals surface area (Å²) in [6, 6.07) is 8.12. The molecule has 6 heteroatoms. The molecule has 1 N–H and O–H groups in total. The minimum absolute atomic E-state index is 0.0168. The van der Waals surface area contributed by atoms with Gasteiger partial charge in [-0.05, 0) is 12.0 Å². The SMILES string of the molecule is CC(C)CSc1ccccc1C=NN=C1NC(=O)CS1. The topological polar surface area (TPSA) is 53.8 Å². The molecular formula is C14H17N3OS2. The number of carbonyl (C=O) groups is 1. The van der Waals surface area contributed by atoms with Crippen LogP contribution in [-0.4, -0.2) is 28.8 Å². The van der Waals surface area contributed by atoms with Gasteiger partial charge in [0.25, 0.3) is 0 Å². The van der Waals surface area contributed by atoms with Crippen molar-refractivity contribution < 1.29 is 4.79 Å². The first-order valence-corrected chi connectivity index (χ1v) is 8.38. The first-order chi connectivity index (χ1) is 9.65. The molecule has 20 heavy (non-hydrogen) atoms. The number of hydrogen-bond donors (Lipinski definition) is 1. The molecular weight excluding hydrogens is 290 g/mol. The molecule has 1 aliphatic heterocycles. The molecule has 0 radical (unpaired) electrons. The van der Waals surface area contributed by atoms with Gasteiger partial charge in [0, 0.05) is 16.2 Å². The Kier molecular flexibility index (Phi) is 5.67. The van der Waals surface area contributed by atoms with Gasteiger partial charge < -0.3 is 5.32 Å². The van der Waals surface area contributed by atoms with E-state index in [4.69, 9.17) is 0 Å². The van der Waals surface area contributed by atoms with Crippen LogP contribution in [0, 0.1) is 5.92 Å². The lowest BCUT2D eigenvalue weighted by Gasteiger charge is -2.06. The van der Waals surface area contributed by atoms with Crippen molar-refractivity contribution in [3.8, 4) is 0 Å². The molecule has 1 fully saturated rings. The van der Waals surface area contributed by atoms with Crippen LogP contribution in [0.3, 0.4) is 0 Å². The third kappa shape index (κ3) is 4.68. The summed E-state index contributed by atoms with van der Waals surface area (Å²) >= 11 is 3.20. The van der Waals surface area contributed by atoms with Crippen LogP contribution in [0.4, 0.5) is 0 Å². The van der Waals surface area contributed by atoms with Crippen LogP contribution in [0.25, 0.3) is 0 Å². The quantitative estimate of drug-likeness (QED) is 0.517. The predicted molar refractivity (Wildman–Crippen MR) is 87.6 cm³/mol. The fourth-order valence-electron chi connectivity index (χ4n) is 1.50. The van der Waals surface area contributed by atoms with Crippen LogP contribution in [0.2, 0.25) is 0 Å². The third-order valence-electron chi connectivity index (χ3n) is 2.42. The summed E-state index contributed by atoms with van der Waals surface area (Å²) < 4.78 is 0. The Morgan fingerprint density at radius 1 is 1.45 bits per heavy atom. The minimum atomic E-state index is -0.0168. The minimum Gasteiger partial charge on any atom is -0.303 e. The highest BCUT2D eigenvalue weighted by atomic mass is 32.2. The third-order valence-corrected chi connectivity index (χ3v) is 4.80. The number of amidine groups is 1. The van der Waals surface area contributed by atoms with Crippen LogP contribution in [0.5, 0.6) is 0 Å². The van der Waals surface area contributed by atoms with Crippen LogP contribution >= 0.6 is 23.5 Å². The fourth-order valence-corrected chi connectivity index (χ4v) is 3.10. The molecule has 1 aromatic carbocycles. The average molecular weight is 307 g/mol. The molecule has 4 nitrogen and oxygen atoms in total. The summed E-state index contributed by atoms with van der Waals surface area (Å²) in [5, 5.41) is 11.3. The van der Waals surface area contributed by atoms with Gasteiger partial charge in [0.15, 0.2) is 5.17 Å². The number of hydrogen-bond acceptors (Lipinski definition) is 5. The molecule has 0 spiro atoms. The van der Waals surface area contributed by atoms with E-state index in [1.54, 1.807) is 6.21 Å². The van der Waals surface area contributed by atoms with Gasteiger partial charge in [0.05, 0.1) is 12.0 Å². The van der Waals surface area contributed by atoms with E-state index in [0.717, 1.165) is 11.3 Å². The number of rotatable bonds is 5. The number of nitrogens with one attached hydrogen (secondary N) is 1. The summed E-state index contributed by atoms with van der Waals surface area (Å²) in [6.45, 7) is 4.41. The van der Waals surface area contributed by atoms with E-state index < -0.39 is 0 Å². The van der Waals surface area contributed by atoms with E-state index in [-0.39, 0.29) is 5.91 Å². The van der Waals surface area contributed by atoms with Gasteiger partial charge in [-0.3, -0.25) is 4.79 Å². The van der Waals surface area contributed by atoms with Gasteiger partial charge in [-0.25, -0.2) is 0 Å². The molecule has 1 saturated heterocycles. The molecule has 1 amide bonds. The van der Waals surface area contributed by atoms with Crippen molar-refractivity contribution in [3.63, 3.8) is 0 Å². The largest absolute Gasteiger partial charge is 0.303 e. The van der Waals surface area contributed by atoms with Crippen LogP contribution in [-0.2, 0) is 4.79 Å². The van der Waals surface area contributed by atoms with Crippen molar-refractivity contribution in [1.82, 2.24) is 5.32 Å². The first kappa shape index (κ1) is 15.1. The predicted octanol–water partition coefficient (Wildman–Crippen LogP) is 2.99. The standard InChI is InChI=1S/C14H17N3OS2/c1-10(2)8-19-12-6-4-3-5-11(12)7-15-17-14-16-13(18)9-20-14/h3-7,10H,8-9H2,1-2H3,(H,16,17,18). The molecule has 2 rings (SSSR count). The Morgan fingerprint density at radius 3 is 2.95 bits per heavy atom. The number of thioether (sulfide) groups is 2. The van der Waals surface area contributed by atoms with E-state index >= 15 is 0 Å². The summed E-state index contributed by atoms with van der Waals surface area (Å²) in [5.74, 6) is 2.13. The summed E-state index contributed by atoms with van der Waals surface area (Å²) in [7, 11) is 0. The normalized spacial score (nSPS) is 17.4. The maximum atomic E-state index is 11.0. The fraction of sp³-hybridized carbons (Fsp3) is 0.357. The first-order valence-electron chi connectivity index (χ1n) is 6.40. The summed E-state index contributed by atoms with van der Waals surface area (Å²) in [6.07, 6.45) is 1.74. The van der Waals surface area contributed by atoms with Gasteiger partial charge in [-0.1, -0.05) is 43.8 Å². The van der Waals surface area contributed by atoms with Crippen molar-refractivity contribution in [2.75, 3.05) is 11.5 Å². The van der Waals surface area contributed by atoms with Crippen LogP contribution < -0.4 is 5.32 Å². The van der Waals surface area contributed by atoms with Gasteiger partial charge in [0.2, 0.25) is 5.91 Å². The number of amides is 1. The van der Waals surface area contributed by atoms with Gasteiger partial charge in [0.1, 0.15) is 0 Å².